The third-order valence-corrected chi connectivity index (χ3v) is 2.08. The summed E-state index contributed by atoms with van der Waals surface area (Å²) in [4.78, 5) is 7.06. The standard InChI is InChI=1S/C11H9F2N3O/c1-17-11-7(2-6(12)3-8(11)14)9-4-16-10(13)5-15-9/h2-5H,14H2,1H3/i1D3. The molecule has 0 amide bonds. The quantitative estimate of drug-likeness (QED) is 0.816. The molecule has 1 aromatic heterocycles. The molecular weight excluding hydrogens is 228 g/mol. The Morgan fingerprint density at radius 3 is 2.76 bits per heavy atom. The fraction of sp³-hybridized carbons (Fsp3) is 0.0909. The Balaban J connectivity index is 2.58. The van der Waals surface area contributed by atoms with Gasteiger partial charge in [-0.3, -0.25) is 0 Å². The van der Waals surface area contributed by atoms with E-state index in [1.165, 1.54) is 0 Å². The number of hydrogen-bond acceptors (Lipinski definition) is 4. The van der Waals surface area contributed by atoms with Gasteiger partial charge in [0, 0.05) is 11.6 Å². The predicted octanol–water partition coefficient (Wildman–Crippen LogP) is 2.01. The molecule has 0 aliphatic rings. The van der Waals surface area contributed by atoms with Crippen molar-refractivity contribution in [3.8, 4) is 17.0 Å². The molecule has 1 heterocycles. The molecule has 1 aromatic carbocycles. The number of hydrogen-bond donors (Lipinski definition) is 1. The first-order valence-corrected chi connectivity index (χ1v) is 4.52. The first-order chi connectivity index (χ1) is 9.26. The van der Waals surface area contributed by atoms with Gasteiger partial charge >= 0.3 is 0 Å². The SMILES string of the molecule is [2H]C([2H])([2H])Oc1c(N)cc(F)cc1-c1cnc(F)cn1. The van der Waals surface area contributed by atoms with E-state index in [0.717, 1.165) is 24.5 Å². The second-order valence-electron chi connectivity index (χ2n) is 3.20. The average Bonchev–Trinajstić information content (AvgIpc) is 2.32. The molecule has 0 saturated carbocycles. The largest absolute Gasteiger partial charge is 0.494 e. The Bertz CT molecular complexity index is 632. The molecule has 2 aromatic rings. The van der Waals surface area contributed by atoms with Crippen molar-refractivity contribution in [2.75, 3.05) is 12.8 Å². The second-order valence-corrected chi connectivity index (χ2v) is 3.20. The third kappa shape index (κ3) is 2.15. The molecule has 0 fully saturated rings. The average molecular weight is 240 g/mol. The Labute approximate surface area is 100 Å². The number of halogens is 2. The highest BCUT2D eigenvalue weighted by atomic mass is 19.1. The van der Waals surface area contributed by atoms with Crippen molar-refractivity contribution in [2.45, 2.75) is 0 Å². The summed E-state index contributed by atoms with van der Waals surface area (Å²) < 4.78 is 52.1. The van der Waals surface area contributed by atoms with Gasteiger partial charge in [-0.1, -0.05) is 0 Å². The highest BCUT2D eigenvalue weighted by Gasteiger charge is 2.13. The van der Waals surface area contributed by atoms with Crippen LogP contribution in [-0.4, -0.2) is 17.0 Å². The minimum atomic E-state index is -2.77. The molecule has 0 bridgehead atoms. The number of anilines is 1. The van der Waals surface area contributed by atoms with Gasteiger partial charge in [0.05, 0.1) is 34.9 Å². The highest BCUT2D eigenvalue weighted by molar-refractivity contribution is 5.74. The fourth-order valence-corrected chi connectivity index (χ4v) is 1.37. The molecule has 0 aliphatic heterocycles. The monoisotopic (exact) mass is 240 g/mol. The molecule has 2 N–H and O–H groups in total. The molecule has 0 saturated heterocycles. The van der Waals surface area contributed by atoms with E-state index >= 15 is 0 Å². The summed E-state index contributed by atoms with van der Waals surface area (Å²) in [5, 5.41) is 0. The van der Waals surface area contributed by atoms with Gasteiger partial charge in [-0.2, -0.15) is 4.39 Å². The highest BCUT2D eigenvalue weighted by Crippen LogP contribution is 2.34. The number of nitrogens with zero attached hydrogens (tertiary/aromatic N) is 2. The maximum absolute atomic E-state index is 13.4. The van der Waals surface area contributed by atoms with Crippen LogP contribution in [-0.2, 0) is 0 Å². The van der Waals surface area contributed by atoms with Gasteiger partial charge in [-0.15, -0.1) is 0 Å². The lowest BCUT2D eigenvalue weighted by Crippen LogP contribution is -1.98. The van der Waals surface area contributed by atoms with Crippen molar-refractivity contribution in [1.82, 2.24) is 9.97 Å². The van der Waals surface area contributed by atoms with Crippen LogP contribution in [0.2, 0.25) is 0 Å². The Kier molecular flexibility index (Phi) is 2.02. The Morgan fingerprint density at radius 1 is 1.29 bits per heavy atom. The predicted molar refractivity (Wildman–Crippen MR) is 58.3 cm³/mol. The number of rotatable bonds is 2. The summed E-state index contributed by atoms with van der Waals surface area (Å²) in [6, 6.07) is 1.90. The zero-order valence-corrected chi connectivity index (χ0v) is 8.45. The Morgan fingerprint density at radius 2 is 2.12 bits per heavy atom. The number of ether oxygens (including phenoxy) is 1. The van der Waals surface area contributed by atoms with E-state index in [9.17, 15) is 8.78 Å². The van der Waals surface area contributed by atoms with E-state index in [1.807, 2.05) is 0 Å². The fourth-order valence-electron chi connectivity index (χ4n) is 1.37. The number of methoxy groups -OCH3 is 1. The molecule has 0 aliphatic carbocycles. The van der Waals surface area contributed by atoms with Crippen LogP contribution in [0.25, 0.3) is 11.3 Å². The number of nitrogens with two attached hydrogens (primary N) is 1. The van der Waals surface area contributed by atoms with Crippen LogP contribution in [0, 0.1) is 11.8 Å². The number of nitrogen functional groups attached to an aromatic ring is 1. The minimum Gasteiger partial charge on any atom is -0.494 e. The van der Waals surface area contributed by atoms with Gasteiger partial charge in [-0.05, 0) is 6.07 Å². The summed E-state index contributed by atoms with van der Waals surface area (Å²) in [5.74, 6) is -1.79. The van der Waals surface area contributed by atoms with Crippen molar-refractivity contribution >= 4 is 5.69 Å². The first-order valence-electron chi connectivity index (χ1n) is 6.02. The van der Waals surface area contributed by atoms with E-state index in [0.29, 0.717) is 0 Å². The van der Waals surface area contributed by atoms with Crippen molar-refractivity contribution in [2.24, 2.45) is 0 Å². The van der Waals surface area contributed by atoms with E-state index in [1.54, 1.807) is 0 Å². The molecule has 0 unspecified atom stereocenters. The maximum atomic E-state index is 13.4. The topological polar surface area (TPSA) is 61.0 Å². The lowest BCUT2D eigenvalue weighted by atomic mass is 10.1. The molecule has 0 spiro atoms. The second kappa shape index (κ2) is 4.32. The van der Waals surface area contributed by atoms with Crippen molar-refractivity contribution < 1.29 is 17.6 Å². The van der Waals surface area contributed by atoms with Gasteiger partial charge in [0.1, 0.15) is 5.82 Å². The molecule has 0 radical (unpaired) electrons. The van der Waals surface area contributed by atoms with Crippen LogP contribution in [0.1, 0.15) is 4.11 Å². The van der Waals surface area contributed by atoms with E-state index in [2.05, 4.69) is 9.97 Å². The summed E-state index contributed by atoms with van der Waals surface area (Å²) in [7, 11) is -2.77. The maximum Gasteiger partial charge on any atom is 0.231 e. The minimum absolute atomic E-state index is 0.0221. The lowest BCUT2D eigenvalue weighted by molar-refractivity contribution is 0.417. The molecule has 0 atom stereocenters. The van der Waals surface area contributed by atoms with Gasteiger partial charge in [0.25, 0.3) is 0 Å². The summed E-state index contributed by atoms with van der Waals surface area (Å²) in [6.45, 7) is 0. The number of aromatic nitrogens is 2. The van der Waals surface area contributed by atoms with Crippen molar-refractivity contribution in [3.05, 3.63) is 36.3 Å². The summed E-state index contributed by atoms with van der Waals surface area (Å²) >= 11 is 0. The van der Waals surface area contributed by atoms with Crippen molar-refractivity contribution in [1.29, 1.82) is 0 Å². The molecule has 6 heteroatoms. The number of benzene rings is 1. The lowest BCUT2D eigenvalue weighted by Gasteiger charge is -2.10. The third-order valence-electron chi connectivity index (χ3n) is 2.08. The zero-order chi connectivity index (χ0) is 14.9. The van der Waals surface area contributed by atoms with Crippen LogP contribution in [0.5, 0.6) is 5.75 Å². The normalized spacial score (nSPS) is 13.6. The smallest absolute Gasteiger partial charge is 0.231 e. The first kappa shape index (κ1) is 7.94. The van der Waals surface area contributed by atoms with Crippen LogP contribution < -0.4 is 10.5 Å². The van der Waals surface area contributed by atoms with Crippen molar-refractivity contribution in [3.63, 3.8) is 0 Å². The molecule has 88 valence electrons. The van der Waals surface area contributed by atoms with Crippen LogP contribution in [0.3, 0.4) is 0 Å². The van der Waals surface area contributed by atoms with E-state index in [-0.39, 0.29) is 22.7 Å². The summed E-state index contributed by atoms with van der Waals surface area (Å²) in [6.07, 6.45) is 1.84. The van der Waals surface area contributed by atoms with Gasteiger partial charge < -0.3 is 10.5 Å². The van der Waals surface area contributed by atoms with Gasteiger partial charge in [0.15, 0.2) is 5.75 Å². The van der Waals surface area contributed by atoms with Gasteiger partial charge in [-0.25, -0.2) is 14.4 Å². The summed E-state index contributed by atoms with van der Waals surface area (Å²) in [5.41, 5.74) is 5.37. The van der Waals surface area contributed by atoms with Gasteiger partial charge in [0.2, 0.25) is 5.95 Å². The van der Waals surface area contributed by atoms with E-state index < -0.39 is 18.8 Å². The van der Waals surface area contributed by atoms with Crippen LogP contribution in [0.15, 0.2) is 24.5 Å². The zero-order valence-electron chi connectivity index (χ0n) is 11.4. The van der Waals surface area contributed by atoms with Crippen LogP contribution >= 0.6 is 0 Å². The van der Waals surface area contributed by atoms with E-state index in [4.69, 9.17) is 14.6 Å². The molecule has 17 heavy (non-hydrogen) atoms. The molecule has 4 nitrogen and oxygen atoms in total. The molecule has 2 rings (SSSR count). The Hall–Kier alpha value is -2.24. The molecular formula is C11H9F2N3O. The van der Waals surface area contributed by atoms with Crippen LogP contribution in [0.4, 0.5) is 14.5 Å².